The van der Waals surface area contributed by atoms with E-state index in [4.69, 9.17) is 20.8 Å². The van der Waals surface area contributed by atoms with E-state index in [0.717, 1.165) is 11.3 Å². The summed E-state index contributed by atoms with van der Waals surface area (Å²) in [5.41, 5.74) is 1.26. The standard InChI is InChI=1S/C23H19ClN2O4S/c1-4-11-29-22(28)19-14(3)25-23-26(20(19)15-6-8-16(24)9-7-15)21(27)18(31-23)12-17-10-5-13(2)30-17/h4-10,12,20H,1,11H2,2-3H3/b18-12-/t20-/m0/s1. The summed E-state index contributed by atoms with van der Waals surface area (Å²) in [5.74, 6) is 0.783. The van der Waals surface area contributed by atoms with Gasteiger partial charge in [-0.15, -0.1) is 0 Å². The van der Waals surface area contributed by atoms with Gasteiger partial charge in [-0.3, -0.25) is 9.36 Å². The van der Waals surface area contributed by atoms with E-state index in [2.05, 4.69) is 11.6 Å². The Morgan fingerprint density at radius 2 is 2.03 bits per heavy atom. The number of carbonyl (C=O) groups excluding carboxylic acids is 1. The topological polar surface area (TPSA) is 73.8 Å². The lowest BCUT2D eigenvalue weighted by Crippen LogP contribution is -2.39. The molecule has 0 N–H and O–H groups in total. The molecule has 4 rings (SSSR count). The zero-order valence-electron chi connectivity index (χ0n) is 16.9. The van der Waals surface area contributed by atoms with Crippen molar-refractivity contribution in [2.24, 2.45) is 4.99 Å². The van der Waals surface area contributed by atoms with Gasteiger partial charge in [0.05, 0.1) is 21.8 Å². The molecule has 1 aliphatic rings. The van der Waals surface area contributed by atoms with Gasteiger partial charge in [0, 0.05) is 11.1 Å². The molecule has 0 fully saturated rings. The van der Waals surface area contributed by atoms with E-state index in [1.165, 1.54) is 22.0 Å². The van der Waals surface area contributed by atoms with Gasteiger partial charge in [-0.2, -0.15) is 0 Å². The first-order valence-corrected chi connectivity index (χ1v) is 10.7. The van der Waals surface area contributed by atoms with Gasteiger partial charge >= 0.3 is 5.97 Å². The number of carbonyl (C=O) groups is 1. The number of allylic oxidation sites excluding steroid dienone is 1. The van der Waals surface area contributed by atoms with E-state index in [0.29, 0.717) is 31.4 Å². The molecule has 0 spiro atoms. The molecule has 0 amide bonds. The minimum absolute atomic E-state index is 0.0607. The maximum Gasteiger partial charge on any atom is 0.338 e. The quantitative estimate of drug-likeness (QED) is 0.436. The van der Waals surface area contributed by atoms with Gasteiger partial charge in [-0.05, 0) is 43.7 Å². The van der Waals surface area contributed by atoms with E-state index in [1.807, 2.05) is 13.0 Å². The van der Waals surface area contributed by atoms with Crippen LogP contribution in [0.1, 0.15) is 30.0 Å². The molecule has 31 heavy (non-hydrogen) atoms. The summed E-state index contributed by atoms with van der Waals surface area (Å²) in [4.78, 5) is 31.3. The van der Waals surface area contributed by atoms with E-state index in [-0.39, 0.29) is 12.2 Å². The molecule has 6 nitrogen and oxygen atoms in total. The first-order chi connectivity index (χ1) is 14.9. The van der Waals surface area contributed by atoms with Crippen molar-refractivity contribution in [3.8, 4) is 0 Å². The summed E-state index contributed by atoms with van der Waals surface area (Å²) in [6.07, 6.45) is 3.18. The first-order valence-electron chi connectivity index (χ1n) is 9.51. The highest BCUT2D eigenvalue weighted by molar-refractivity contribution is 7.07. The molecule has 1 atom stereocenters. The number of hydrogen-bond acceptors (Lipinski definition) is 6. The van der Waals surface area contributed by atoms with E-state index in [9.17, 15) is 9.59 Å². The Kier molecular flexibility index (Phi) is 5.80. The molecule has 0 unspecified atom stereocenters. The number of furan rings is 1. The minimum atomic E-state index is -0.689. The second-order valence-corrected chi connectivity index (χ2v) is 8.41. The number of esters is 1. The molecule has 3 heterocycles. The smallest absolute Gasteiger partial charge is 0.338 e. The van der Waals surface area contributed by atoms with Crippen molar-refractivity contribution < 1.29 is 13.9 Å². The van der Waals surface area contributed by atoms with E-state index < -0.39 is 12.0 Å². The third-order valence-corrected chi connectivity index (χ3v) is 6.03. The Bertz CT molecular complexity index is 1380. The number of ether oxygens (including phenoxy) is 1. The molecule has 0 bridgehead atoms. The lowest BCUT2D eigenvalue weighted by Gasteiger charge is -2.24. The van der Waals surface area contributed by atoms with Crippen LogP contribution in [-0.4, -0.2) is 17.1 Å². The largest absolute Gasteiger partial charge is 0.462 e. The molecule has 158 valence electrons. The lowest BCUT2D eigenvalue weighted by atomic mass is 9.96. The predicted molar refractivity (Wildman–Crippen MR) is 120 cm³/mol. The number of rotatable bonds is 5. The van der Waals surface area contributed by atoms with Crippen LogP contribution in [0.5, 0.6) is 0 Å². The van der Waals surface area contributed by atoms with Crippen molar-refractivity contribution in [3.63, 3.8) is 0 Å². The lowest BCUT2D eigenvalue weighted by molar-refractivity contribution is -0.138. The van der Waals surface area contributed by atoms with Crippen LogP contribution >= 0.6 is 22.9 Å². The van der Waals surface area contributed by atoms with Crippen LogP contribution in [0.2, 0.25) is 5.02 Å². The molecule has 3 aromatic rings. The van der Waals surface area contributed by atoms with Gasteiger partial charge in [-0.1, -0.05) is 47.7 Å². The average Bonchev–Trinajstić information content (AvgIpc) is 3.28. The predicted octanol–water partition coefficient (Wildman–Crippen LogP) is 3.52. The Morgan fingerprint density at radius 1 is 1.29 bits per heavy atom. The summed E-state index contributed by atoms with van der Waals surface area (Å²) < 4.78 is 12.9. The zero-order valence-corrected chi connectivity index (χ0v) is 18.5. The van der Waals surface area contributed by atoms with E-state index >= 15 is 0 Å². The van der Waals surface area contributed by atoms with Gasteiger partial charge in [0.25, 0.3) is 5.56 Å². The van der Waals surface area contributed by atoms with Crippen LogP contribution in [0.3, 0.4) is 0 Å². The summed E-state index contributed by atoms with van der Waals surface area (Å²) in [7, 11) is 0. The first kappa shape index (κ1) is 21.1. The van der Waals surface area contributed by atoms with Crippen LogP contribution in [0, 0.1) is 6.92 Å². The molecule has 2 aromatic heterocycles. The fraction of sp³-hybridized carbons (Fsp3) is 0.174. The summed E-state index contributed by atoms with van der Waals surface area (Å²) in [6.45, 7) is 7.22. The third-order valence-electron chi connectivity index (χ3n) is 4.79. The molecule has 1 aromatic carbocycles. The number of aromatic nitrogens is 1. The molecule has 0 saturated carbocycles. The van der Waals surface area contributed by atoms with E-state index in [1.54, 1.807) is 43.3 Å². The zero-order chi connectivity index (χ0) is 22.1. The summed E-state index contributed by atoms with van der Waals surface area (Å²) in [6, 6.07) is 9.97. The maximum atomic E-state index is 13.4. The normalized spacial score (nSPS) is 16.1. The molecular formula is C23H19ClN2O4S. The van der Waals surface area contributed by atoms with Crippen LogP contribution in [0.25, 0.3) is 6.08 Å². The molecule has 0 radical (unpaired) electrons. The monoisotopic (exact) mass is 454 g/mol. The highest BCUT2D eigenvalue weighted by Gasteiger charge is 2.33. The fourth-order valence-corrected chi connectivity index (χ4v) is 4.57. The number of nitrogens with zero attached hydrogens (tertiary/aromatic N) is 2. The number of aryl methyl sites for hydroxylation is 1. The third kappa shape index (κ3) is 4.06. The van der Waals surface area contributed by atoms with Crippen molar-refractivity contribution in [2.45, 2.75) is 19.9 Å². The Balaban J connectivity index is 1.93. The Morgan fingerprint density at radius 3 is 2.68 bits per heavy atom. The van der Waals surface area contributed by atoms with Gasteiger partial charge in [0.2, 0.25) is 0 Å². The van der Waals surface area contributed by atoms with Gasteiger partial charge in [-0.25, -0.2) is 9.79 Å². The SMILES string of the molecule is C=CCOC(=O)C1=C(C)N=c2s/c(=C\c3ccc(C)o3)c(=O)n2[C@H]1c1ccc(Cl)cc1. The number of halogens is 1. The molecule has 8 heteroatoms. The second-order valence-electron chi connectivity index (χ2n) is 6.97. The highest BCUT2D eigenvalue weighted by atomic mass is 35.5. The van der Waals surface area contributed by atoms with Gasteiger partial charge in [0.15, 0.2) is 4.80 Å². The van der Waals surface area contributed by atoms with Crippen LogP contribution < -0.4 is 14.9 Å². The van der Waals surface area contributed by atoms with Gasteiger partial charge < -0.3 is 9.15 Å². The van der Waals surface area contributed by atoms with Crippen LogP contribution in [0.15, 0.2) is 74.5 Å². The Hall–Kier alpha value is -3.16. The minimum Gasteiger partial charge on any atom is -0.462 e. The van der Waals surface area contributed by atoms with Gasteiger partial charge in [0.1, 0.15) is 18.1 Å². The van der Waals surface area contributed by atoms with Crippen molar-refractivity contribution >= 4 is 35.0 Å². The maximum absolute atomic E-state index is 13.4. The fourth-order valence-electron chi connectivity index (χ4n) is 3.42. The Labute approximate surface area is 187 Å². The molecule has 0 aliphatic carbocycles. The number of thiazole rings is 1. The molecule has 1 aliphatic heterocycles. The number of fused-ring (bicyclic) bond motifs is 1. The van der Waals surface area contributed by atoms with Crippen molar-refractivity contribution in [1.82, 2.24) is 4.57 Å². The number of hydrogen-bond donors (Lipinski definition) is 0. The summed E-state index contributed by atoms with van der Waals surface area (Å²) in [5, 5.41) is 0.556. The van der Waals surface area contributed by atoms with Crippen molar-refractivity contribution in [1.29, 1.82) is 0 Å². The number of benzene rings is 1. The highest BCUT2D eigenvalue weighted by Crippen LogP contribution is 2.31. The van der Waals surface area contributed by atoms with Crippen LogP contribution in [0.4, 0.5) is 0 Å². The second kappa shape index (κ2) is 8.53. The average molecular weight is 455 g/mol. The van der Waals surface area contributed by atoms with Crippen LogP contribution in [-0.2, 0) is 9.53 Å². The van der Waals surface area contributed by atoms with Crippen molar-refractivity contribution in [2.75, 3.05) is 6.61 Å². The molecular weight excluding hydrogens is 436 g/mol. The van der Waals surface area contributed by atoms with Crippen molar-refractivity contribution in [3.05, 3.63) is 102 Å². The molecule has 0 saturated heterocycles. The summed E-state index contributed by atoms with van der Waals surface area (Å²) >= 11 is 7.30.